The van der Waals surface area contributed by atoms with Crippen LogP contribution >= 0.6 is 11.3 Å². The van der Waals surface area contributed by atoms with Crippen molar-refractivity contribution in [2.24, 2.45) is 0 Å². The van der Waals surface area contributed by atoms with E-state index in [4.69, 9.17) is 4.52 Å². The van der Waals surface area contributed by atoms with E-state index in [2.05, 4.69) is 20.4 Å². The van der Waals surface area contributed by atoms with Gasteiger partial charge in [0.25, 0.3) is 5.89 Å². The molecule has 0 aliphatic carbocycles. The molecule has 2 heterocycles. The minimum atomic E-state index is 0.550. The summed E-state index contributed by atoms with van der Waals surface area (Å²) in [4.78, 5) is 9.32. The molecule has 5 nitrogen and oxygen atoms in total. The summed E-state index contributed by atoms with van der Waals surface area (Å²) in [6, 6.07) is 0. The lowest BCUT2D eigenvalue weighted by molar-refractivity contribution is 0.420. The Bertz CT molecular complexity index is 437. The number of nitrogens with zero attached hydrogens (tertiary/aromatic N) is 3. The molecule has 0 saturated heterocycles. The predicted molar refractivity (Wildman–Crippen MR) is 57.5 cm³/mol. The van der Waals surface area contributed by atoms with Gasteiger partial charge in [-0.05, 0) is 13.5 Å². The van der Waals surface area contributed by atoms with E-state index in [1.54, 1.807) is 17.5 Å². The topological polar surface area (TPSA) is 63.8 Å². The van der Waals surface area contributed by atoms with Crippen LogP contribution in [-0.2, 0) is 6.54 Å². The highest BCUT2D eigenvalue weighted by molar-refractivity contribution is 7.14. The van der Waals surface area contributed by atoms with Crippen LogP contribution in [0.2, 0.25) is 0 Å². The molecule has 0 fully saturated rings. The standard InChI is InChI=1S/C9H12N4OS/c1-3-10-5-8-12-9(14-13-8)7-4-11-6(2)15-7/h4,10H,3,5H2,1-2H3. The van der Waals surface area contributed by atoms with Crippen molar-refractivity contribution in [3.63, 3.8) is 0 Å². The van der Waals surface area contributed by atoms with Gasteiger partial charge in [-0.15, -0.1) is 11.3 Å². The fourth-order valence-corrected chi connectivity index (χ4v) is 1.82. The second-order valence-corrected chi connectivity index (χ2v) is 4.27. The number of thiazole rings is 1. The molecule has 2 rings (SSSR count). The van der Waals surface area contributed by atoms with E-state index in [-0.39, 0.29) is 0 Å². The monoisotopic (exact) mass is 224 g/mol. The lowest BCUT2D eigenvalue weighted by Crippen LogP contribution is -2.12. The summed E-state index contributed by atoms with van der Waals surface area (Å²) >= 11 is 1.55. The maximum atomic E-state index is 5.13. The van der Waals surface area contributed by atoms with Crippen molar-refractivity contribution in [3.8, 4) is 10.8 Å². The molecule has 0 spiro atoms. The highest BCUT2D eigenvalue weighted by Crippen LogP contribution is 2.23. The third-order valence-corrected chi connectivity index (χ3v) is 2.73. The SMILES string of the molecule is CCNCc1noc(-c2cnc(C)s2)n1. The van der Waals surface area contributed by atoms with Gasteiger partial charge in [0.05, 0.1) is 17.7 Å². The summed E-state index contributed by atoms with van der Waals surface area (Å²) in [5.41, 5.74) is 0. The fraction of sp³-hybridized carbons (Fsp3) is 0.444. The number of nitrogens with one attached hydrogen (secondary N) is 1. The highest BCUT2D eigenvalue weighted by atomic mass is 32.1. The summed E-state index contributed by atoms with van der Waals surface area (Å²) in [5.74, 6) is 1.23. The zero-order chi connectivity index (χ0) is 10.7. The largest absolute Gasteiger partial charge is 0.333 e. The number of aromatic nitrogens is 3. The van der Waals surface area contributed by atoms with Crippen LogP contribution in [0, 0.1) is 6.92 Å². The summed E-state index contributed by atoms with van der Waals surface area (Å²) in [6.07, 6.45) is 1.75. The fourth-order valence-electron chi connectivity index (χ4n) is 1.12. The lowest BCUT2D eigenvalue weighted by Gasteiger charge is -1.91. The number of hydrogen-bond donors (Lipinski definition) is 1. The predicted octanol–water partition coefficient (Wildman–Crippen LogP) is 1.61. The van der Waals surface area contributed by atoms with E-state index < -0.39 is 0 Å². The highest BCUT2D eigenvalue weighted by Gasteiger charge is 2.10. The van der Waals surface area contributed by atoms with Crippen LogP contribution in [0.1, 0.15) is 17.8 Å². The molecule has 0 unspecified atom stereocenters. The number of hydrogen-bond acceptors (Lipinski definition) is 6. The Balaban J connectivity index is 2.13. The second kappa shape index (κ2) is 4.50. The first-order valence-corrected chi connectivity index (χ1v) is 5.57. The first-order chi connectivity index (χ1) is 7.29. The summed E-state index contributed by atoms with van der Waals surface area (Å²) in [5, 5.41) is 8.00. The molecule has 0 bridgehead atoms. The van der Waals surface area contributed by atoms with Crippen molar-refractivity contribution in [1.29, 1.82) is 0 Å². The molecule has 0 aliphatic heterocycles. The van der Waals surface area contributed by atoms with Crippen molar-refractivity contribution in [2.75, 3.05) is 6.54 Å². The first kappa shape index (κ1) is 10.3. The molecule has 6 heteroatoms. The van der Waals surface area contributed by atoms with Gasteiger partial charge in [-0.3, -0.25) is 0 Å². The van der Waals surface area contributed by atoms with Crippen molar-refractivity contribution in [3.05, 3.63) is 17.0 Å². The molecule has 2 aromatic rings. The van der Waals surface area contributed by atoms with Crippen LogP contribution < -0.4 is 5.32 Å². The zero-order valence-corrected chi connectivity index (χ0v) is 9.47. The summed E-state index contributed by atoms with van der Waals surface area (Å²) < 4.78 is 5.13. The van der Waals surface area contributed by atoms with E-state index in [0.717, 1.165) is 16.4 Å². The average Bonchev–Trinajstić information content (AvgIpc) is 2.83. The van der Waals surface area contributed by atoms with Gasteiger partial charge in [0.15, 0.2) is 5.82 Å². The van der Waals surface area contributed by atoms with Gasteiger partial charge < -0.3 is 9.84 Å². The van der Waals surface area contributed by atoms with Crippen molar-refractivity contribution in [1.82, 2.24) is 20.4 Å². The molecule has 1 N–H and O–H groups in total. The quantitative estimate of drug-likeness (QED) is 0.854. The summed E-state index contributed by atoms with van der Waals surface area (Å²) in [6.45, 7) is 5.51. The van der Waals surface area contributed by atoms with E-state index in [1.165, 1.54) is 0 Å². The van der Waals surface area contributed by atoms with Gasteiger partial charge >= 0.3 is 0 Å². The maximum Gasteiger partial charge on any atom is 0.269 e. The van der Waals surface area contributed by atoms with Crippen molar-refractivity contribution in [2.45, 2.75) is 20.4 Å². The Morgan fingerprint density at radius 2 is 2.40 bits per heavy atom. The Morgan fingerprint density at radius 3 is 3.07 bits per heavy atom. The summed E-state index contributed by atoms with van der Waals surface area (Å²) in [7, 11) is 0. The van der Waals surface area contributed by atoms with Gasteiger partial charge in [0.2, 0.25) is 0 Å². The molecule has 15 heavy (non-hydrogen) atoms. The van der Waals surface area contributed by atoms with Crippen LogP contribution in [-0.4, -0.2) is 21.7 Å². The maximum absolute atomic E-state index is 5.13. The molecule has 0 aliphatic rings. The Kier molecular flexibility index (Phi) is 3.08. The van der Waals surface area contributed by atoms with E-state index in [1.807, 2.05) is 13.8 Å². The molecule has 0 aromatic carbocycles. The minimum Gasteiger partial charge on any atom is -0.333 e. The Labute approximate surface area is 91.5 Å². The number of aryl methyl sites for hydroxylation is 1. The van der Waals surface area contributed by atoms with Crippen LogP contribution in [0.15, 0.2) is 10.7 Å². The molecule has 2 aromatic heterocycles. The number of rotatable bonds is 4. The first-order valence-electron chi connectivity index (χ1n) is 4.75. The molecular formula is C9H12N4OS. The molecule has 80 valence electrons. The lowest BCUT2D eigenvalue weighted by atomic mass is 10.5. The van der Waals surface area contributed by atoms with Gasteiger partial charge in [-0.2, -0.15) is 4.98 Å². The smallest absolute Gasteiger partial charge is 0.269 e. The molecule has 0 saturated carbocycles. The average molecular weight is 224 g/mol. The van der Waals surface area contributed by atoms with E-state index in [9.17, 15) is 0 Å². The van der Waals surface area contributed by atoms with E-state index >= 15 is 0 Å². The third kappa shape index (κ3) is 2.40. The van der Waals surface area contributed by atoms with Gasteiger partial charge in [-0.1, -0.05) is 12.1 Å². The molecule has 0 amide bonds. The Hall–Kier alpha value is -1.27. The van der Waals surface area contributed by atoms with E-state index in [0.29, 0.717) is 18.3 Å². The van der Waals surface area contributed by atoms with Crippen molar-refractivity contribution >= 4 is 11.3 Å². The van der Waals surface area contributed by atoms with Gasteiger partial charge in [-0.25, -0.2) is 4.98 Å². The molecule has 0 atom stereocenters. The van der Waals surface area contributed by atoms with Crippen LogP contribution in [0.25, 0.3) is 10.8 Å². The van der Waals surface area contributed by atoms with Crippen molar-refractivity contribution < 1.29 is 4.52 Å². The second-order valence-electron chi connectivity index (χ2n) is 3.04. The Morgan fingerprint density at radius 1 is 1.53 bits per heavy atom. The third-order valence-electron chi connectivity index (χ3n) is 1.83. The zero-order valence-electron chi connectivity index (χ0n) is 8.65. The molecule has 0 radical (unpaired) electrons. The van der Waals surface area contributed by atoms with Crippen LogP contribution in [0.5, 0.6) is 0 Å². The van der Waals surface area contributed by atoms with Crippen LogP contribution in [0.3, 0.4) is 0 Å². The van der Waals surface area contributed by atoms with Gasteiger partial charge in [0.1, 0.15) is 4.88 Å². The normalized spacial score (nSPS) is 10.8. The minimum absolute atomic E-state index is 0.550. The van der Waals surface area contributed by atoms with Crippen LogP contribution in [0.4, 0.5) is 0 Å². The molecular weight excluding hydrogens is 212 g/mol. The van der Waals surface area contributed by atoms with Gasteiger partial charge in [0, 0.05) is 0 Å².